The van der Waals surface area contributed by atoms with Gasteiger partial charge in [-0.05, 0) is 25.6 Å². The summed E-state index contributed by atoms with van der Waals surface area (Å²) in [5.41, 5.74) is 2.82. The molecule has 0 bridgehead atoms. The first kappa shape index (κ1) is 16.2. The number of benzene rings is 1. The summed E-state index contributed by atoms with van der Waals surface area (Å²) in [7, 11) is 3.51. The highest BCUT2D eigenvalue weighted by atomic mass is 35.5. The zero-order valence-electron chi connectivity index (χ0n) is 12.6. The summed E-state index contributed by atoms with van der Waals surface area (Å²) in [6.07, 6.45) is -0.514. The summed E-state index contributed by atoms with van der Waals surface area (Å²) in [5, 5.41) is 11.5. The third-order valence-electron chi connectivity index (χ3n) is 3.45. The molecule has 2 rings (SSSR count). The maximum atomic E-state index is 9.77. The second-order valence-electron chi connectivity index (χ2n) is 5.32. The van der Waals surface area contributed by atoms with E-state index in [4.69, 9.17) is 16.3 Å². The van der Waals surface area contributed by atoms with Crippen LogP contribution in [0.2, 0.25) is 5.02 Å². The van der Waals surface area contributed by atoms with Crippen LogP contribution >= 0.6 is 11.6 Å². The SMILES string of the molecule is COCC(O)CN(C)Cc1nc2ccccc2c(C)c1Cl. The molecule has 0 saturated carbocycles. The summed E-state index contributed by atoms with van der Waals surface area (Å²) in [6, 6.07) is 7.97. The van der Waals surface area contributed by atoms with Gasteiger partial charge in [0.2, 0.25) is 0 Å². The van der Waals surface area contributed by atoms with Crippen molar-refractivity contribution in [1.82, 2.24) is 9.88 Å². The van der Waals surface area contributed by atoms with Crippen molar-refractivity contribution in [3.8, 4) is 0 Å². The summed E-state index contributed by atoms with van der Waals surface area (Å²) in [6.45, 7) is 3.43. The smallest absolute Gasteiger partial charge is 0.0900 e. The predicted octanol–water partition coefficient (Wildman–Crippen LogP) is 2.64. The van der Waals surface area contributed by atoms with Crippen molar-refractivity contribution < 1.29 is 9.84 Å². The molecule has 21 heavy (non-hydrogen) atoms. The number of aliphatic hydroxyl groups excluding tert-OH is 1. The highest BCUT2D eigenvalue weighted by Gasteiger charge is 2.14. The predicted molar refractivity (Wildman–Crippen MR) is 85.7 cm³/mol. The van der Waals surface area contributed by atoms with E-state index < -0.39 is 6.10 Å². The first-order chi connectivity index (χ1) is 10.0. The molecule has 1 N–H and O–H groups in total. The van der Waals surface area contributed by atoms with Gasteiger partial charge in [-0.15, -0.1) is 0 Å². The molecule has 0 aliphatic rings. The number of halogens is 1. The highest BCUT2D eigenvalue weighted by Crippen LogP contribution is 2.27. The van der Waals surface area contributed by atoms with Crippen molar-refractivity contribution in [2.75, 3.05) is 27.3 Å². The van der Waals surface area contributed by atoms with Crippen molar-refractivity contribution in [3.05, 3.63) is 40.5 Å². The largest absolute Gasteiger partial charge is 0.389 e. The molecule has 0 saturated heterocycles. The number of hydrogen-bond donors (Lipinski definition) is 1. The second-order valence-corrected chi connectivity index (χ2v) is 5.70. The minimum Gasteiger partial charge on any atom is -0.389 e. The first-order valence-electron chi connectivity index (χ1n) is 6.92. The van der Waals surface area contributed by atoms with Gasteiger partial charge >= 0.3 is 0 Å². The van der Waals surface area contributed by atoms with Gasteiger partial charge in [-0.1, -0.05) is 29.8 Å². The normalized spacial score (nSPS) is 13.0. The fraction of sp³-hybridized carbons (Fsp3) is 0.438. The Morgan fingerprint density at radius 1 is 1.38 bits per heavy atom. The van der Waals surface area contributed by atoms with E-state index in [1.165, 1.54) is 0 Å². The van der Waals surface area contributed by atoms with Crippen LogP contribution in [0, 0.1) is 6.92 Å². The molecule has 0 radical (unpaired) electrons. The van der Waals surface area contributed by atoms with E-state index in [1.807, 2.05) is 43.1 Å². The number of nitrogens with zero attached hydrogens (tertiary/aromatic N) is 2. The molecule has 0 spiro atoms. The van der Waals surface area contributed by atoms with Crippen LogP contribution in [-0.2, 0) is 11.3 Å². The van der Waals surface area contributed by atoms with Gasteiger partial charge in [0.15, 0.2) is 0 Å². The lowest BCUT2D eigenvalue weighted by atomic mass is 10.1. The number of pyridine rings is 1. The van der Waals surface area contributed by atoms with Gasteiger partial charge in [0.25, 0.3) is 0 Å². The van der Waals surface area contributed by atoms with Crippen LogP contribution in [0.25, 0.3) is 10.9 Å². The zero-order chi connectivity index (χ0) is 15.4. The van der Waals surface area contributed by atoms with E-state index in [2.05, 4.69) is 4.98 Å². The van der Waals surface area contributed by atoms with Crippen LogP contribution in [0.15, 0.2) is 24.3 Å². The number of aryl methyl sites for hydroxylation is 1. The first-order valence-corrected chi connectivity index (χ1v) is 7.30. The van der Waals surface area contributed by atoms with Crippen LogP contribution in [0.5, 0.6) is 0 Å². The summed E-state index contributed by atoms with van der Waals surface area (Å²) < 4.78 is 4.94. The van der Waals surface area contributed by atoms with Gasteiger partial charge in [-0.3, -0.25) is 4.90 Å². The molecule has 1 aromatic heterocycles. The van der Waals surface area contributed by atoms with E-state index in [1.54, 1.807) is 7.11 Å². The molecule has 2 aromatic rings. The molecule has 1 unspecified atom stereocenters. The zero-order valence-corrected chi connectivity index (χ0v) is 13.4. The van der Waals surface area contributed by atoms with Crippen molar-refractivity contribution in [1.29, 1.82) is 0 Å². The Bertz CT molecular complexity index is 618. The number of rotatable bonds is 6. The van der Waals surface area contributed by atoms with Gasteiger partial charge in [0, 0.05) is 25.6 Å². The Labute approximate surface area is 130 Å². The highest BCUT2D eigenvalue weighted by molar-refractivity contribution is 6.32. The number of methoxy groups -OCH3 is 1. The number of likely N-dealkylation sites (N-methyl/N-ethyl adjacent to an activating group) is 1. The number of aliphatic hydroxyl groups is 1. The number of aromatic nitrogens is 1. The average Bonchev–Trinajstić information content (AvgIpc) is 2.44. The molecule has 1 heterocycles. The van der Waals surface area contributed by atoms with Crippen LogP contribution in [-0.4, -0.2) is 48.4 Å². The molecule has 1 atom stereocenters. The molecule has 0 aliphatic carbocycles. The Kier molecular flexibility index (Phi) is 5.53. The summed E-state index contributed by atoms with van der Waals surface area (Å²) >= 11 is 6.44. The Morgan fingerprint density at radius 2 is 2.10 bits per heavy atom. The van der Waals surface area contributed by atoms with Crippen LogP contribution in [0.4, 0.5) is 0 Å². The topological polar surface area (TPSA) is 45.6 Å². The number of hydrogen-bond acceptors (Lipinski definition) is 4. The number of para-hydroxylation sites is 1. The minimum absolute atomic E-state index is 0.322. The van der Waals surface area contributed by atoms with Crippen molar-refractivity contribution in [2.24, 2.45) is 0 Å². The monoisotopic (exact) mass is 308 g/mol. The summed E-state index contributed by atoms with van der Waals surface area (Å²) in [5.74, 6) is 0. The third kappa shape index (κ3) is 3.92. The van der Waals surface area contributed by atoms with Gasteiger partial charge in [-0.25, -0.2) is 4.98 Å². The van der Waals surface area contributed by atoms with Gasteiger partial charge < -0.3 is 9.84 Å². The molecule has 0 aliphatic heterocycles. The van der Waals surface area contributed by atoms with Crippen molar-refractivity contribution >= 4 is 22.5 Å². The van der Waals surface area contributed by atoms with E-state index in [0.717, 1.165) is 22.2 Å². The van der Waals surface area contributed by atoms with E-state index in [-0.39, 0.29) is 0 Å². The van der Waals surface area contributed by atoms with Gasteiger partial charge in [0.05, 0.1) is 28.9 Å². The fourth-order valence-corrected chi connectivity index (χ4v) is 2.65. The van der Waals surface area contributed by atoms with Crippen LogP contribution < -0.4 is 0 Å². The van der Waals surface area contributed by atoms with E-state index in [0.29, 0.717) is 24.7 Å². The molecule has 0 amide bonds. The van der Waals surface area contributed by atoms with Crippen molar-refractivity contribution in [3.63, 3.8) is 0 Å². The van der Waals surface area contributed by atoms with Crippen LogP contribution in [0.1, 0.15) is 11.3 Å². The fourth-order valence-electron chi connectivity index (χ4n) is 2.45. The lowest BCUT2D eigenvalue weighted by Crippen LogP contribution is -2.31. The molecule has 4 nitrogen and oxygen atoms in total. The van der Waals surface area contributed by atoms with Gasteiger partial charge in [0.1, 0.15) is 0 Å². The van der Waals surface area contributed by atoms with Crippen molar-refractivity contribution in [2.45, 2.75) is 19.6 Å². The van der Waals surface area contributed by atoms with Crippen LogP contribution in [0.3, 0.4) is 0 Å². The number of fused-ring (bicyclic) bond motifs is 1. The van der Waals surface area contributed by atoms with E-state index in [9.17, 15) is 5.11 Å². The molecule has 114 valence electrons. The standard InChI is InChI=1S/C16H21ClN2O2/c1-11-13-6-4-5-7-14(13)18-15(16(11)17)9-19(2)8-12(20)10-21-3/h4-7,12,20H,8-10H2,1-3H3. The Morgan fingerprint density at radius 3 is 2.81 bits per heavy atom. The lowest BCUT2D eigenvalue weighted by molar-refractivity contribution is 0.0417. The summed E-state index contributed by atoms with van der Waals surface area (Å²) in [4.78, 5) is 6.63. The molecular weight excluding hydrogens is 288 g/mol. The average molecular weight is 309 g/mol. The lowest BCUT2D eigenvalue weighted by Gasteiger charge is -2.21. The Hall–Kier alpha value is -1.20. The molecule has 0 fully saturated rings. The Balaban J connectivity index is 2.20. The van der Waals surface area contributed by atoms with Gasteiger partial charge in [-0.2, -0.15) is 0 Å². The van der Waals surface area contributed by atoms with E-state index >= 15 is 0 Å². The maximum absolute atomic E-state index is 9.77. The minimum atomic E-state index is -0.514. The third-order valence-corrected chi connectivity index (χ3v) is 3.95. The maximum Gasteiger partial charge on any atom is 0.0900 e. The molecule has 1 aromatic carbocycles. The molecule has 5 heteroatoms. The second kappa shape index (κ2) is 7.18. The molecular formula is C16H21ClN2O2. The quantitative estimate of drug-likeness (QED) is 0.891. The number of ether oxygens (including phenoxy) is 1.